The number of nitrogens with zero attached hydrogens (tertiary/aromatic N) is 1. The Bertz CT molecular complexity index is 523. The number of hydrogen-bond acceptors (Lipinski definition) is 5. The first-order chi connectivity index (χ1) is 12.2. The lowest BCUT2D eigenvalue weighted by atomic mass is 9.83. The Morgan fingerprint density at radius 2 is 1.69 bits per heavy atom. The number of nitrogens with one attached hydrogen (secondary N) is 1. The number of hydrogen-bond donors (Lipinski definition) is 1. The molecule has 0 aromatic heterocycles. The molecular weight excluding hydrogens is 336 g/mol. The van der Waals surface area contributed by atoms with Crippen LogP contribution < -0.4 is 5.32 Å². The number of ether oxygens (including phenoxy) is 2. The lowest BCUT2D eigenvalue weighted by molar-refractivity contribution is -0.152. The number of rotatable bonds is 4. The van der Waals surface area contributed by atoms with Crippen LogP contribution in [0.25, 0.3) is 0 Å². The van der Waals surface area contributed by atoms with E-state index in [0.717, 1.165) is 38.5 Å². The molecule has 0 bridgehead atoms. The highest BCUT2D eigenvalue weighted by Crippen LogP contribution is 2.29. The van der Waals surface area contributed by atoms with Crippen molar-refractivity contribution in [3.05, 3.63) is 0 Å². The Kier molecular flexibility index (Phi) is 6.89. The minimum atomic E-state index is -0.657. The maximum Gasteiger partial charge on any atom is 0.408 e. The molecule has 7 heteroatoms. The summed E-state index contributed by atoms with van der Waals surface area (Å²) in [6.45, 7) is 5.88. The lowest BCUT2D eigenvalue weighted by Gasteiger charge is -2.34. The summed E-state index contributed by atoms with van der Waals surface area (Å²) in [5, 5.41) is 2.79. The van der Waals surface area contributed by atoms with Crippen LogP contribution in [0.3, 0.4) is 0 Å². The second kappa shape index (κ2) is 8.73. The van der Waals surface area contributed by atoms with Gasteiger partial charge in [0.2, 0.25) is 5.91 Å². The van der Waals surface area contributed by atoms with Crippen LogP contribution in [0.15, 0.2) is 0 Å². The molecule has 7 nitrogen and oxygen atoms in total. The molecule has 0 radical (unpaired) electrons. The summed E-state index contributed by atoms with van der Waals surface area (Å²) >= 11 is 0. The molecule has 1 aliphatic carbocycles. The van der Waals surface area contributed by atoms with Crippen molar-refractivity contribution >= 4 is 18.0 Å². The van der Waals surface area contributed by atoms with Crippen LogP contribution in [0.1, 0.15) is 65.7 Å². The number of likely N-dealkylation sites (tertiary alicyclic amines) is 1. The van der Waals surface area contributed by atoms with Gasteiger partial charge in [0.1, 0.15) is 17.7 Å². The van der Waals surface area contributed by atoms with Gasteiger partial charge in [-0.25, -0.2) is 9.59 Å². The van der Waals surface area contributed by atoms with Crippen LogP contribution >= 0.6 is 0 Å². The third-order valence-electron chi connectivity index (χ3n) is 5.07. The van der Waals surface area contributed by atoms with Crippen LogP contribution in [-0.2, 0) is 19.1 Å². The number of alkyl carbamates (subject to hydrolysis) is 1. The summed E-state index contributed by atoms with van der Waals surface area (Å²) in [7, 11) is 1.33. The number of esters is 1. The van der Waals surface area contributed by atoms with Gasteiger partial charge in [-0.3, -0.25) is 4.79 Å². The third-order valence-corrected chi connectivity index (χ3v) is 5.07. The minimum absolute atomic E-state index is 0.0719. The zero-order valence-electron chi connectivity index (χ0n) is 16.4. The Hall–Kier alpha value is -1.79. The van der Waals surface area contributed by atoms with Crippen molar-refractivity contribution in [2.24, 2.45) is 5.92 Å². The van der Waals surface area contributed by atoms with Gasteiger partial charge in [0, 0.05) is 6.54 Å². The second-order valence-electron chi connectivity index (χ2n) is 8.23. The summed E-state index contributed by atoms with van der Waals surface area (Å²) in [4.78, 5) is 39.1. The minimum Gasteiger partial charge on any atom is -0.467 e. The summed E-state index contributed by atoms with van der Waals surface area (Å²) < 4.78 is 10.2. The molecule has 0 aromatic rings. The van der Waals surface area contributed by atoms with Gasteiger partial charge < -0.3 is 19.7 Å². The number of amides is 2. The molecule has 2 aliphatic rings. The molecule has 2 fully saturated rings. The predicted molar refractivity (Wildman–Crippen MR) is 96.5 cm³/mol. The molecular formula is C19H32N2O5. The van der Waals surface area contributed by atoms with Crippen LogP contribution in [0, 0.1) is 5.92 Å². The average Bonchev–Trinajstić information content (AvgIpc) is 3.07. The van der Waals surface area contributed by atoms with Crippen molar-refractivity contribution in [2.45, 2.75) is 83.4 Å². The first-order valence-electron chi connectivity index (χ1n) is 9.61. The van der Waals surface area contributed by atoms with Crippen LogP contribution in [0.2, 0.25) is 0 Å². The van der Waals surface area contributed by atoms with E-state index in [2.05, 4.69) is 5.32 Å². The first kappa shape index (κ1) is 20.5. The zero-order valence-corrected chi connectivity index (χ0v) is 16.4. The average molecular weight is 368 g/mol. The molecule has 0 aromatic carbocycles. The molecule has 0 unspecified atom stereocenters. The van der Waals surface area contributed by atoms with E-state index in [0.29, 0.717) is 13.0 Å². The molecule has 1 saturated carbocycles. The van der Waals surface area contributed by atoms with Crippen molar-refractivity contribution in [3.63, 3.8) is 0 Å². The fourth-order valence-corrected chi connectivity index (χ4v) is 3.87. The van der Waals surface area contributed by atoms with E-state index in [9.17, 15) is 14.4 Å². The maximum absolute atomic E-state index is 13.2. The van der Waals surface area contributed by atoms with Crippen LogP contribution in [-0.4, -0.2) is 54.2 Å². The molecule has 1 aliphatic heterocycles. The quantitative estimate of drug-likeness (QED) is 0.771. The van der Waals surface area contributed by atoms with Crippen molar-refractivity contribution in [1.82, 2.24) is 10.2 Å². The van der Waals surface area contributed by atoms with Crippen LogP contribution in [0.4, 0.5) is 4.79 Å². The molecule has 2 amide bonds. The van der Waals surface area contributed by atoms with Crippen molar-refractivity contribution in [2.75, 3.05) is 13.7 Å². The first-order valence-corrected chi connectivity index (χ1v) is 9.61. The van der Waals surface area contributed by atoms with Gasteiger partial charge in [-0.05, 0) is 52.4 Å². The van der Waals surface area contributed by atoms with E-state index in [1.165, 1.54) is 7.11 Å². The van der Waals surface area contributed by atoms with Gasteiger partial charge >= 0.3 is 12.1 Å². The smallest absolute Gasteiger partial charge is 0.408 e. The highest BCUT2D eigenvalue weighted by molar-refractivity contribution is 5.90. The summed E-state index contributed by atoms with van der Waals surface area (Å²) in [5.41, 5.74) is -0.632. The van der Waals surface area contributed by atoms with Gasteiger partial charge in [0.15, 0.2) is 0 Å². The summed E-state index contributed by atoms with van der Waals surface area (Å²) in [6, 6.07) is -1.21. The zero-order chi connectivity index (χ0) is 19.3. The van der Waals surface area contributed by atoms with E-state index in [-0.39, 0.29) is 11.8 Å². The van der Waals surface area contributed by atoms with E-state index < -0.39 is 29.7 Å². The van der Waals surface area contributed by atoms with E-state index in [1.807, 2.05) is 0 Å². The monoisotopic (exact) mass is 368 g/mol. The molecule has 1 N–H and O–H groups in total. The Morgan fingerprint density at radius 1 is 1.04 bits per heavy atom. The molecule has 2 rings (SSSR count). The van der Waals surface area contributed by atoms with E-state index in [4.69, 9.17) is 9.47 Å². The Morgan fingerprint density at radius 3 is 2.27 bits per heavy atom. The number of carbonyl (C=O) groups is 3. The van der Waals surface area contributed by atoms with Gasteiger partial charge in [0.05, 0.1) is 7.11 Å². The molecule has 1 heterocycles. The summed E-state index contributed by atoms with van der Waals surface area (Å²) in [5.74, 6) is -0.520. The van der Waals surface area contributed by atoms with Gasteiger partial charge in [0.25, 0.3) is 0 Å². The fourth-order valence-electron chi connectivity index (χ4n) is 3.87. The highest BCUT2D eigenvalue weighted by Gasteiger charge is 2.41. The van der Waals surface area contributed by atoms with E-state index in [1.54, 1.807) is 25.7 Å². The van der Waals surface area contributed by atoms with Crippen molar-refractivity contribution < 1.29 is 23.9 Å². The predicted octanol–water partition coefficient (Wildman–Crippen LogP) is 2.62. The second-order valence-corrected chi connectivity index (χ2v) is 8.23. The van der Waals surface area contributed by atoms with E-state index >= 15 is 0 Å². The largest absolute Gasteiger partial charge is 0.467 e. The van der Waals surface area contributed by atoms with Crippen molar-refractivity contribution in [1.29, 1.82) is 0 Å². The SMILES string of the molecule is COC(=O)[C@@H]1CCCN1C(=O)[C@@H](NC(=O)OC(C)(C)C)C1CCCCC1. The van der Waals surface area contributed by atoms with Gasteiger partial charge in [-0.15, -0.1) is 0 Å². The fraction of sp³-hybridized carbons (Fsp3) is 0.842. The standard InChI is InChI=1S/C19H32N2O5/c1-19(2,3)26-18(24)20-15(13-9-6-5-7-10-13)16(22)21-12-8-11-14(21)17(23)25-4/h13-15H,5-12H2,1-4H3,(H,20,24)/t14-,15-/m0/s1. The number of carbonyl (C=O) groups excluding carboxylic acids is 3. The van der Waals surface area contributed by atoms with Gasteiger partial charge in [-0.2, -0.15) is 0 Å². The van der Waals surface area contributed by atoms with Crippen LogP contribution in [0.5, 0.6) is 0 Å². The Balaban J connectivity index is 2.15. The molecule has 26 heavy (non-hydrogen) atoms. The molecule has 0 spiro atoms. The molecule has 148 valence electrons. The summed E-state index contributed by atoms with van der Waals surface area (Å²) in [6.07, 6.45) is 5.80. The molecule has 2 atom stereocenters. The normalized spacial score (nSPS) is 22.6. The Labute approximate surface area is 155 Å². The maximum atomic E-state index is 13.2. The highest BCUT2D eigenvalue weighted by atomic mass is 16.6. The lowest BCUT2D eigenvalue weighted by Crippen LogP contribution is -2.55. The molecule has 1 saturated heterocycles. The van der Waals surface area contributed by atoms with Gasteiger partial charge in [-0.1, -0.05) is 19.3 Å². The van der Waals surface area contributed by atoms with Crippen molar-refractivity contribution in [3.8, 4) is 0 Å². The topological polar surface area (TPSA) is 84.9 Å². The third kappa shape index (κ3) is 5.35. The number of methoxy groups -OCH3 is 1.